The second-order valence-electron chi connectivity index (χ2n) is 7.84. The summed E-state index contributed by atoms with van der Waals surface area (Å²) < 4.78 is 13.3. The van der Waals surface area contributed by atoms with Crippen LogP contribution in [0.5, 0.6) is 0 Å². The Balaban J connectivity index is 1.73. The van der Waals surface area contributed by atoms with Crippen molar-refractivity contribution in [3.8, 4) is 0 Å². The van der Waals surface area contributed by atoms with Crippen LogP contribution >= 0.6 is 23.1 Å². The van der Waals surface area contributed by atoms with E-state index >= 15 is 0 Å². The number of halogens is 1. The molecule has 3 amide bonds. The Morgan fingerprint density at radius 1 is 1.03 bits per heavy atom. The third-order valence-corrected chi connectivity index (χ3v) is 6.70. The molecular weight excluding hydrogens is 457 g/mol. The SMILES string of the molecule is CSc1ccc(NC(=O)N(CC(=O)N(Cc2ccc(F)cc2)Cc2cccs2)C(C)C)cc1. The molecule has 5 nitrogen and oxygen atoms in total. The third-order valence-electron chi connectivity index (χ3n) is 5.10. The Morgan fingerprint density at radius 3 is 2.30 bits per heavy atom. The topological polar surface area (TPSA) is 52.7 Å². The molecule has 0 bridgehead atoms. The molecule has 0 saturated carbocycles. The summed E-state index contributed by atoms with van der Waals surface area (Å²) >= 11 is 3.20. The number of carbonyl (C=O) groups is 2. The number of carbonyl (C=O) groups excluding carboxylic acids is 2. The van der Waals surface area contributed by atoms with E-state index in [9.17, 15) is 14.0 Å². The Labute approximate surface area is 202 Å². The minimum atomic E-state index is -0.326. The number of hydrogen-bond acceptors (Lipinski definition) is 4. The summed E-state index contributed by atoms with van der Waals surface area (Å²) in [7, 11) is 0. The molecule has 0 atom stereocenters. The van der Waals surface area contributed by atoms with E-state index in [-0.39, 0.29) is 30.3 Å². The van der Waals surface area contributed by atoms with Crippen molar-refractivity contribution in [1.82, 2.24) is 9.80 Å². The fraction of sp³-hybridized carbons (Fsp3) is 0.280. The van der Waals surface area contributed by atoms with Gasteiger partial charge in [0.1, 0.15) is 12.4 Å². The van der Waals surface area contributed by atoms with E-state index in [0.717, 1.165) is 15.3 Å². The van der Waals surface area contributed by atoms with Crippen molar-refractivity contribution in [2.75, 3.05) is 18.1 Å². The molecule has 2 aromatic carbocycles. The van der Waals surface area contributed by atoms with Gasteiger partial charge in [0.15, 0.2) is 0 Å². The smallest absolute Gasteiger partial charge is 0.322 e. The van der Waals surface area contributed by atoms with E-state index < -0.39 is 0 Å². The van der Waals surface area contributed by atoms with Crippen LogP contribution in [0.25, 0.3) is 0 Å². The van der Waals surface area contributed by atoms with Gasteiger partial charge in [0.2, 0.25) is 5.91 Å². The standard InChI is InChI=1S/C25H28FN3O2S2/c1-18(2)29(25(31)27-21-10-12-22(32-3)13-11-21)17-24(30)28(16-23-5-4-14-33-23)15-19-6-8-20(26)9-7-19/h4-14,18H,15-17H2,1-3H3,(H,27,31). The molecule has 33 heavy (non-hydrogen) atoms. The molecule has 0 fully saturated rings. The highest BCUT2D eigenvalue weighted by atomic mass is 32.2. The molecule has 1 N–H and O–H groups in total. The molecule has 0 saturated heterocycles. The zero-order valence-electron chi connectivity index (χ0n) is 19.0. The first-order valence-electron chi connectivity index (χ1n) is 10.6. The quantitative estimate of drug-likeness (QED) is 0.374. The van der Waals surface area contributed by atoms with Gasteiger partial charge in [-0.1, -0.05) is 18.2 Å². The molecule has 0 aliphatic heterocycles. The molecule has 1 heterocycles. The average Bonchev–Trinajstić information content (AvgIpc) is 3.31. The highest BCUT2D eigenvalue weighted by Crippen LogP contribution is 2.19. The molecule has 3 aromatic rings. The Kier molecular flexibility index (Phi) is 8.91. The van der Waals surface area contributed by atoms with Gasteiger partial charge >= 0.3 is 6.03 Å². The fourth-order valence-corrected chi connectivity index (χ4v) is 4.37. The molecule has 0 aliphatic carbocycles. The zero-order valence-corrected chi connectivity index (χ0v) is 20.6. The maximum Gasteiger partial charge on any atom is 0.322 e. The lowest BCUT2D eigenvalue weighted by atomic mass is 10.2. The van der Waals surface area contributed by atoms with Crippen LogP contribution in [0.4, 0.5) is 14.9 Å². The van der Waals surface area contributed by atoms with Crippen molar-refractivity contribution < 1.29 is 14.0 Å². The number of nitrogens with one attached hydrogen (secondary N) is 1. The lowest BCUT2D eigenvalue weighted by molar-refractivity contribution is -0.133. The first kappa shape index (κ1) is 24.8. The minimum Gasteiger partial charge on any atom is -0.332 e. The number of urea groups is 1. The van der Waals surface area contributed by atoms with Gasteiger partial charge in [0.05, 0.1) is 6.54 Å². The van der Waals surface area contributed by atoms with E-state index in [1.165, 1.54) is 17.0 Å². The van der Waals surface area contributed by atoms with Crippen LogP contribution in [0.1, 0.15) is 24.3 Å². The molecule has 174 valence electrons. The van der Waals surface area contributed by atoms with Gasteiger partial charge in [0, 0.05) is 28.0 Å². The van der Waals surface area contributed by atoms with E-state index in [1.54, 1.807) is 40.1 Å². The maximum absolute atomic E-state index is 13.3. The third kappa shape index (κ3) is 7.33. The van der Waals surface area contributed by atoms with Gasteiger partial charge in [-0.3, -0.25) is 4.79 Å². The Hall–Kier alpha value is -2.84. The number of amides is 3. The number of benzene rings is 2. The first-order valence-corrected chi connectivity index (χ1v) is 12.7. The monoisotopic (exact) mass is 485 g/mol. The number of rotatable bonds is 9. The summed E-state index contributed by atoms with van der Waals surface area (Å²) in [5.74, 6) is -0.489. The summed E-state index contributed by atoms with van der Waals surface area (Å²) in [5.41, 5.74) is 1.51. The number of hydrogen-bond donors (Lipinski definition) is 1. The van der Waals surface area contributed by atoms with Gasteiger partial charge in [-0.15, -0.1) is 23.1 Å². The van der Waals surface area contributed by atoms with Crippen molar-refractivity contribution >= 4 is 40.7 Å². The fourth-order valence-electron chi connectivity index (χ4n) is 3.24. The summed E-state index contributed by atoms with van der Waals surface area (Å²) in [5, 5.41) is 4.85. The van der Waals surface area contributed by atoms with Crippen LogP contribution in [0.3, 0.4) is 0 Å². The van der Waals surface area contributed by atoms with Crippen LogP contribution < -0.4 is 5.32 Å². The summed E-state index contributed by atoms with van der Waals surface area (Å²) in [6.45, 7) is 4.47. The van der Waals surface area contributed by atoms with Gasteiger partial charge in [-0.05, 0) is 73.5 Å². The predicted molar refractivity (Wildman–Crippen MR) is 134 cm³/mol. The maximum atomic E-state index is 13.3. The second-order valence-corrected chi connectivity index (χ2v) is 9.75. The molecule has 0 spiro atoms. The largest absolute Gasteiger partial charge is 0.332 e. The normalized spacial score (nSPS) is 10.8. The van der Waals surface area contributed by atoms with E-state index in [4.69, 9.17) is 0 Å². The van der Waals surface area contributed by atoms with Crippen LogP contribution in [-0.2, 0) is 17.9 Å². The molecule has 0 aliphatic rings. The predicted octanol–water partition coefficient (Wildman–Crippen LogP) is 6.08. The second kappa shape index (κ2) is 11.9. The van der Waals surface area contributed by atoms with Crippen molar-refractivity contribution in [2.24, 2.45) is 0 Å². The summed E-state index contributed by atoms with van der Waals surface area (Å²) in [4.78, 5) is 31.7. The van der Waals surface area contributed by atoms with E-state index in [0.29, 0.717) is 18.8 Å². The lowest BCUT2D eigenvalue weighted by Crippen LogP contribution is -2.47. The number of anilines is 1. The molecule has 1 aromatic heterocycles. The zero-order chi connectivity index (χ0) is 23.8. The van der Waals surface area contributed by atoms with Crippen LogP contribution in [0.15, 0.2) is 70.9 Å². The molecule has 0 unspecified atom stereocenters. The van der Waals surface area contributed by atoms with Gasteiger partial charge in [-0.25, -0.2) is 9.18 Å². The van der Waals surface area contributed by atoms with E-state index in [2.05, 4.69) is 5.32 Å². The molecular formula is C25H28FN3O2S2. The average molecular weight is 486 g/mol. The van der Waals surface area contributed by atoms with Crippen LogP contribution in [-0.4, -0.2) is 40.6 Å². The number of thiophene rings is 1. The minimum absolute atomic E-state index is 0.0566. The molecule has 0 radical (unpaired) electrons. The van der Waals surface area contributed by atoms with Crippen LogP contribution in [0, 0.1) is 5.82 Å². The highest BCUT2D eigenvalue weighted by molar-refractivity contribution is 7.98. The summed E-state index contributed by atoms with van der Waals surface area (Å²) in [6.07, 6.45) is 1.99. The number of nitrogens with zero attached hydrogens (tertiary/aromatic N) is 2. The molecule has 8 heteroatoms. The van der Waals surface area contributed by atoms with Crippen molar-refractivity contribution in [2.45, 2.75) is 37.9 Å². The Bertz CT molecular complexity index is 1040. The number of thioether (sulfide) groups is 1. The van der Waals surface area contributed by atoms with Gasteiger partial charge < -0.3 is 15.1 Å². The van der Waals surface area contributed by atoms with Crippen molar-refractivity contribution in [3.63, 3.8) is 0 Å². The van der Waals surface area contributed by atoms with Gasteiger partial charge in [0.25, 0.3) is 0 Å². The summed E-state index contributed by atoms with van der Waals surface area (Å²) in [6, 6.07) is 17.1. The van der Waals surface area contributed by atoms with Gasteiger partial charge in [-0.2, -0.15) is 0 Å². The Morgan fingerprint density at radius 2 is 1.73 bits per heavy atom. The van der Waals surface area contributed by atoms with Crippen molar-refractivity contribution in [3.05, 3.63) is 82.3 Å². The first-order chi connectivity index (χ1) is 15.9. The highest BCUT2D eigenvalue weighted by Gasteiger charge is 2.24. The van der Waals surface area contributed by atoms with Crippen LogP contribution in [0.2, 0.25) is 0 Å². The lowest BCUT2D eigenvalue weighted by Gasteiger charge is -2.30. The molecule has 3 rings (SSSR count). The van der Waals surface area contributed by atoms with Crippen molar-refractivity contribution in [1.29, 1.82) is 0 Å². The van der Waals surface area contributed by atoms with E-state index in [1.807, 2.05) is 61.9 Å².